The van der Waals surface area contributed by atoms with Crippen molar-refractivity contribution in [2.75, 3.05) is 5.32 Å². The molecule has 1 fully saturated rings. The Kier molecular flexibility index (Phi) is 3.53. The van der Waals surface area contributed by atoms with Crippen molar-refractivity contribution >= 4 is 17.3 Å². The second kappa shape index (κ2) is 4.97. The van der Waals surface area contributed by atoms with E-state index in [0.717, 1.165) is 19.3 Å². The lowest BCUT2D eigenvalue weighted by molar-refractivity contribution is -0.384. The van der Waals surface area contributed by atoms with Crippen LogP contribution in [0.4, 0.5) is 11.4 Å². The minimum Gasteiger partial charge on any atom is -0.327 e. The Morgan fingerprint density at radius 1 is 1.47 bits per heavy atom. The van der Waals surface area contributed by atoms with Crippen molar-refractivity contribution < 1.29 is 9.72 Å². The third kappa shape index (κ3) is 2.58. The molecule has 0 saturated heterocycles. The summed E-state index contributed by atoms with van der Waals surface area (Å²) in [6, 6.07) is 5.66. The fourth-order valence-electron chi connectivity index (χ4n) is 2.42. The number of carbonyl (C=O) groups excluding carboxylic acids is 1. The molecule has 6 nitrogen and oxygen atoms in total. The van der Waals surface area contributed by atoms with Gasteiger partial charge in [0.25, 0.3) is 5.69 Å². The van der Waals surface area contributed by atoms with Crippen molar-refractivity contribution in [1.82, 2.24) is 0 Å². The van der Waals surface area contributed by atoms with E-state index >= 15 is 0 Å². The molecule has 0 bridgehead atoms. The Hall–Kier alpha value is -1.95. The van der Waals surface area contributed by atoms with Crippen LogP contribution in [0.5, 0.6) is 0 Å². The predicted octanol–water partition coefficient (Wildman–Crippen LogP) is 2.05. The molecule has 6 heteroatoms. The van der Waals surface area contributed by atoms with E-state index < -0.39 is 10.3 Å². The van der Waals surface area contributed by atoms with Crippen LogP contribution in [0.1, 0.15) is 26.2 Å². The maximum atomic E-state index is 12.2. The molecule has 1 aliphatic carbocycles. The molecule has 0 aliphatic heterocycles. The average Bonchev–Trinajstić information content (AvgIpc) is 2.71. The van der Waals surface area contributed by atoms with Gasteiger partial charge in [-0.2, -0.15) is 0 Å². The summed E-state index contributed by atoms with van der Waals surface area (Å²) in [5, 5.41) is 13.3. The zero-order valence-electron chi connectivity index (χ0n) is 10.8. The first-order valence-corrected chi connectivity index (χ1v) is 6.25. The number of nitrogens with zero attached hydrogens (tertiary/aromatic N) is 1. The summed E-state index contributed by atoms with van der Waals surface area (Å²) in [5.74, 6) is -0.119. The summed E-state index contributed by atoms with van der Waals surface area (Å²) in [6.45, 7) is 1.87. The Labute approximate surface area is 111 Å². The molecule has 19 heavy (non-hydrogen) atoms. The van der Waals surface area contributed by atoms with Gasteiger partial charge in [-0.25, -0.2) is 0 Å². The van der Waals surface area contributed by atoms with Gasteiger partial charge in [0.05, 0.1) is 10.3 Å². The van der Waals surface area contributed by atoms with Crippen LogP contribution in [0.25, 0.3) is 0 Å². The van der Waals surface area contributed by atoms with E-state index in [0.29, 0.717) is 5.69 Å². The molecular formula is C13H17N3O3. The minimum absolute atomic E-state index is 0.00165. The van der Waals surface area contributed by atoms with Crippen LogP contribution in [0.2, 0.25) is 0 Å². The van der Waals surface area contributed by atoms with Crippen LogP contribution in [-0.4, -0.2) is 16.9 Å². The van der Waals surface area contributed by atoms with Crippen LogP contribution in [0, 0.1) is 15.5 Å². The molecule has 102 valence electrons. The van der Waals surface area contributed by atoms with Gasteiger partial charge in [0.1, 0.15) is 0 Å². The van der Waals surface area contributed by atoms with Crippen LogP contribution in [0.15, 0.2) is 24.3 Å². The van der Waals surface area contributed by atoms with Crippen molar-refractivity contribution in [3.8, 4) is 0 Å². The van der Waals surface area contributed by atoms with E-state index in [-0.39, 0.29) is 17.6 Å². The van der Waals surface area contributed by atoms with E-state index in [1.54, 1.807) is 0 Å². The lowest BCUT2D eigenvalue weighted by atomic mass is 9.84. The highest BCUT2D eigenvalue weighted by Gasteiger charge is 2.42. The summed E-state index contributed by atoms with van der Waals surface area (Å²) >= 11 is 0. The number of anilines is 1. The molecule has 1 aliphatic rings. The van der Waals surface area contributed by atoms with Gasteiger partial charge in [-0.1, -0.05) is 6.42 Å². The summed E-state index contributed by atoms with van der Waals surface area (Å²) in [5.41, 5.74) is 5.98. The standard InChI is InChI=1S/C13H17N3O3/c1-13(8-2-3-11(13)14)12(17)15-9-4-6-10(7-5-9)16(18)19/h4-7,11H,2-3,8,14H2,1H3,(H,15,17). The molecule has 0 radical (unpaired) electrons. The SMILES string of the molecule is CC1(C(=O)Nc2ccc([N+](=O)[O-])cc2)CCCC1N. The molecule has 0 spiro atoms. The van der Waals surface area contributed by atoms with Crippen LogP contribution >= 0.6 is 0 Å². The third-order valence-electron chi connectivity index (χ3n) is 3.88. The smallest absolute Gasteiger partial charge is 0.269 e. The monoisotopic (exact) mass is 263 g/mol. The fraction of sp³-hybridized carbons (Fsp3) is 0.462. The van der Waals surface area contributed by atoms with Gasteiger partial charge in [0, 0.05) is 23.9 Å². The van der Waals surface area contributed by atoms with E-state index in [2.05, 4.69) is 5.32 Å². The van der Waals surface area contributed by atoms with Crippen LogP contribution in [-0.2, 0) is 4.79 Å². The molecular weight excluding hydrogens is 246 g/mol. The van der Waals surface area contributed by atoms with Crippen molar-refractivity contribution in [3.63, 3.8) is 0 Å². The number of nitro groups is 1. The summed E-state index contributed by atoms with van der Waals surface area (Å²) in [6.07, 6.45) is 2.57. The topological polar surface area (TPSA) is 98.3 Å². The first kappa shape index (κ1) is 13.5. The maximum Gasteiger partial charge on any atom is 0.269 e. The molecule has 1 aromatic carbocycles. The molecule has 2 unspecified atom stereocenters. The molecule has 0 heterocycles. The van der Waals surface area contributed by atoms with Crippen LogP contribution in [0.3, 0.4) is 0 Å². The molecule has 2 atom stereocenters. The van der Waals surface area contributed by atoms with E-state index in [4.69, 9.17) is 5.73 Å². The second-order valence-corrected chi connectivity index (χ2v) is 5.17. The first-order chi connectivity index (χ1) is 8.93. The Bertz CT molecular complexity index is 500. The van der Waals surface area contributed by atoms with Gasteiger partial charge < -0.3 is 11.1 Å². The summed E-state index contributed by atoms with van der Waals surface area (Å²) in [7, 11) is 0. The van der Waals surface area contributed by atoms with Gasteiger partial charge in [-0.3, -0.25) is 14.9 Å². The fourth-order valence-corrected chi connectivity index (χ4v) is 2.42. The molecule has 2 rings (SSSR count). The van der Waals surface area contributed by atoms with E-state index in [1.165, 1.54) is 24.3 Å². The highest BCUT2D eigenvalue weighted by molar-refractivity contribution is 5.95. The lowest BCUT2D eigenvalue weighted by Gasteiger charge is -2.27. The highest BCUT2D eigenvalue weighted by atomic mass is 16.6. The lowest BCUT2D eigenvalue weighted by Crippen LogP contribution is -2.44. The van der Waals surface area contributed by atoms with Crippen LogP contribution < -0.4 is 11.1 Å². The maximum absolute atomic E-state index is 12.2. The number of nitro benzene ring substituents is 1. The molecule has 1 saturated carbocycles. The van der Waals surface area contributed by atoms with Gasteiger partial charge >= 0.3 is 0 Å². The number of non-ortho nitro benzene ring substituents is 1. The summed E-state index contributed by atoms with van der Waals surface area (Å²) in [4.78, 5) is 22.3. The number of benzene rings is 1. The quantitative estimate of drug-likeness (QED) is 0.644. The van der Waals surface area contributed by atoms with Gasteiger partial charge in [0.2, 0.25) is 5.91 Å². The molecule has 1 aromatic rings. The number of rotatable bonds is 3. The molecule has 3 N–H and O–H groups in total. The largest absolute Gasteiger partial charge is 0.327 e. The van der Waals surface area contributed by atoms with Crippen molar-refractivity contribution in [2.24, 2.45) is 11.1 Å². The zero-order chi connectivity index (χ0) is 14.0. The van der Waals surface area contributed by atoms with Crippen molar-refractivity contribution in [2.45, 2.75) is 32.2 Å². The van der Waals surface area contributed by atoms with Gasteiger partial charge in [-0.15, -0.1) is 0 Å². The Balaban J connectivity index is 2.09. The van der Waals surface area contributed by atoms with Gasteiger partial charge in [-0.05, 0) is 31.9 Å². The van der Waals surface area contributed by atoms with Crippen molar-refractivity contribution in [1.29, 1.82) is 0 Å². The predicted molar refractivity (Wildman–Crippen MR) is 71.7 cm³/mol. The number of nitrogens with two attached hydrogens (primary N) is 1. The number of nitrogens with one attached hydrogen (secondary N) is 1. The molecule has 0 aromatic heterocycles. The number of hydrogen-bond donors (Lipinski definition) is 2. The first-order valence-electron chi connectivity index (χ1n) is 6.25. The van der Waals surface area contributed by atoms with Gasteiger partial charge in [0.15, 0.2) is 0 Å². The number of amides is 1. The third-order valence-corrected chi connectivity index (χ3v) is 3.88. The summed E-state index contributed by atoms with van der Waals surface area (Å²) < 4.78 is 0. The highest BCUT2D eigenvalue weighted by Crippen LogP contribution is 2.37. The second-order valence-electron chi connectivity index (χ2n) is 5.17. The van der Waals surface area contributed by atoms with E-state index in [1.807, 2.05) is 6.92 Å². The zero-order valence-corrected chi connectivity index (χ0v) is 10.8. The Morgan fingerprint density at radius 2 is 2.11 bits per heavy atom. The minimum atomic E-state index is -0.554. The van der Waals surface area contributed by atoms with E-state index in [9.17, 15) is 14.9 Å². The Morgan fingerprint density at radius 3 is 2.58 bits per heavy atom. The molecule has 1 amide bonds. The number of carbonyl (C=O) groups is 1. The number of hydrogen-bond acceptors (Lipinski definition) is 4. The average molecular weight is 263 g/mol. The normalized spacial score (nSPS) is 26.1. The van der Waals surface area contributed by atoms with Crippen molar-refractivity contribution in [3.05, 3.63) is 34.4 Å².